The Morgan fingerprint density at radius 2 is 2.10 bits per heavy atom. The predicted octanol–water partition coefficient (Wildman–Crippen LogP) is 3.00. The number of hydrogen-bond donors (Lipinski definition) is 1. The largest absolute Gasteiger partial charge is 0.310 e. The Kier molecular flexibility index (Phi) is 4.42. The van der Waals surface area contributed by atoms with E-state index in [-0.39, 0.29) is 0 Å². The van der Waals surface area contributed by atoms with E-state index in [0.29, 0.717) is 6.04 Å². The van der Waals surface area contributed by atoms with Crippen molar-refractivity contribution in [2.24, 2.45) is 5.92 Å². The highest BCUT2D eigenvalue weighted by Gasteiger charge is 2.34. The monoisotopic (exact) mass is 272 g/mol. The van der Waals surface area contributed by atoms with Crippen LogP contribution < -0.4 is 5.32 Å². The van der Waals surface area contributed by atoms with Gasteiger partial charge in [0, 0.05) is 18.6 Å². The maximum atomic E-state index is 3.89. The van der Waals surface area contributed by atoms with Crippen molar-refractivity contribution in [1.82, 2.24) is 10.2 Å². The lowest BCUT2D eigenvalue weighted by atomic mass is 9.83. The van der Waals surface area contributed by atoms with E-state index in [1.165, 1.54) is 56.4 Å². The predicted molar refractivity (Wildman–Crippen MR) is 85.0 cm³/mol. The fourth-order valence-corrected chi connectivity index (χ4v) is 3.85. The summed E-state index contributed by atoms with van der Waals surface area (Å²) >= 11 is 0. The number of rotatable bonds is 5. The molecule has 0 saturated carbocycles. The molecule has 3 aliphatic rings. The first-order valence-electron chi connectivity index (χ1n) is 8.24. The van der Waals surface area contributed by atoms with Gasteiger partial charge in [0.2, 0.25) is 0 Å². The summed E-state index contributed by atoms with van der Waals surface area (Å²) < 4.78 is 0. The molecule has 1 aromatic carbocycles. The molecule has 0 aromatic heterocycles. The van der Waals surface area contributed by atoms with E-state index in [1.807, 2.05) is 0 Å². The van der Waals surface area contributed by atoms with E-state index < -0.39 is 0 Å². The van der Waals surface area contributed by atoms with Gasteiger partial charge in [-0.15, -0.1) is 0 Å². The number of benzene rings is 1. The third-order valence-corrected chi connectivity index (χ3v) is 5.10. The van der Waals surface area contributed by atoms with Crippen LogP contribution in [0, 0.1) is 12.8 Å². The maximum absolute atomic E-state index is 3.89. The smallest absolute Gasteiger partial charge is 0.0226 e. The van der Waals surface area contributed by atoms with Crippen LogP contribution in [0.5, 0.6) is 0 Å². The van der Waals surface area contributed by atoms with Gasteiger partial charge < -0.3 is 10.2 Å². The first-order chi connectivity index (χ1) is 9.70. The molecule has 2 unspecified atom stereocenters. The second kappa shape index (κ2) is 6.28. The van der Waals surface area contributed by atoms with Crippen molar-refractivity contribution in [2.45, 2.75) is 51.6 Å². The molecule has 2 heteroatoms. The van der Waals surface area contributed by atoms with Crippen LogP contribution in [-0.4, -0.2) is 36.6 Å². The molecule has 20 heavy (non-hydrogen) atoms. The zero-order valence-corrected chi connectivity index (χ0v) is 12.9. The topological polar surface area (TPSA) is 15.3 Å². The molecule has 1 N–H and O–H groups in total. The summed E-state index contributed by atoms with van der Waals surface area (Å²) in [6.07, 6.45) is 5.24. The van der Waals surface area contributed by atoms with E-state index >= 15 is 0 Å². The summed E-state index contributed by atoms with van der Waals surface area (Å²) in [7, 11) is 0. The molecule has 2 nitrogen and oxygen atoms in total. The van der Waals surface area contributed by atoms with Crippen LogP contribution in [0.25, 0.3) is 0 Å². The average molecular weight is 272 g/mol. The number of aryl methyl sites for hydroxylation is 2. The van der Waals surface area contributed by atoms with Gasteiger partial charge in [0.25, 0.3) is 0 Å². The van der Waals surface area contributed by atoms with Crippen LogP contribution in [0.2, 0.25) is 0 Å². The highest BCUT2D eigenvalue weighted by Crippen LogP contribution is 2.27. The summed E-state index contributed by atoms with van der Waals surface area (Å²) in [6, 6.07) is 10.3. The molecule has 3 heterocycles. The molecule has 0 amide bonds. The van der Waals surface area contributed by atoms with Gasteiger partial charge in [0.15, 0.2) is 0 Å². The van der Waals surface area contributed by atoms with Crippen LogP contribution in [0.3, 0.4) is 0 Å². The van der Waals surface area contributed by atoms with Gasteiger partial charge in [0.05, 0.1) is 0 Å². The Balaban J connectivity index is 1.46. The number of piperidine rings is 3. The fourth-order valence-electron chi connectivity index (χ4n) is 3.85. The van der Waals surface area contributed by atoms with E-state index in [2.05, 4.69) is 48.3 Å². The molecule has 2 atom stereocenters. The van der Waals surface area contributed by atoms with Crippen molar-refractivity contribution in [2.75, 3.05) is 19.6 Å². The van der Waals surface area contributed by atoms with Gasteiger partial charge in [-0.3, -0.25) is 0 Å². The van der Waals surface area contributed by atoms with Crippen LogP contribution in [0.4, 0.5) is 0 Å². The summed E-state index contributed by atoms with van der Waals surface area (Å²) in [5, 5.41) is 3.89. The number of hydrogen-bond acceptors (Lipinski definition) is 2. The van der Waals surface area contributed by atoms with Crippen molar-refractivity contribution in [3.05, 3.63) is 35.4 Å². The van der Waals surface area contributed by atoms with Gasteiger partial charge in [0.1, 0.15) is 0 Å². The summed E-state index contributed by atoms with van der Waals surface area (Å²) in [5.74, 6) is 0.932. The van der Waals surface area contributed by atoms with Gasteiger partial charge in [-0.2, -0.15) is 0 Å². The molecule has 4 rings (SSSR count). The van der Waals surface area contributed by atoms with E-state index in [9.17, 15) is 0 Å². The minimum absolute atomic E-state index is 0.626. The van der Waals surface area contributed by atoms with Gasteiger partial charge in [-0.05, 0) is 64.1 Å². The highest BCUT2D eigenvalue weighted by atomic mass is 15.2. The highest BCUT2D eigenvalue weighted by molar-refractivity contribution is 5.22. The molecule has 1 aromatic rings. The number of nitrogens with one attached hydrogen (secondary N) is 1. The van der Waals surface area contributed by atoms with Gasteiger partial charge in [-0.25, -0.2) is 0 Å². The Morgan fingerprint density at radius 1 is 1.30 bits per heavy atom. The lowest BCUT2D eigenvalue weighted by molar-refractivity contribution is 0.0675. The van der Waals surface area contributed by atoms with Gasteiger partial charge in [-0.1, -0.05) is 29.8 Å². The molecule has 3 fully saturated rings. The third kappa shape index (κ3) is 3.42. The quantitative estimate of drug-likeness (QED) is 0.886. The average Bonchev–Trinajstić information content (AvgIpc) is 2.46. The Bertz CT molecular complexity index is 435. The molecule has 3 aliphatic heterocycles. The summed E-state index contributed by atoms with van der Waals surface area (Å²) in [5.41, 5.74) is 2.85. The lowest BCUT2D eigenvalue weighted by Crippen LogP contribution is -2.57. The second-order valence-corrected chi connectivity index (χ2v) is 6.84. The lowest BCUT2D eigenvalue weighted by Gasteiger charge is -2.46. The summed E-state index contributed by atoms with van der Waals surface area (Å²) in [4.78, 5) is 2.63. The molecule has 0 aliphatic carbocycles. The third-order valence-electron chi connectivity index (χ3n) is 5.10. The minimum Gasteiger partial charge on any atom is -0.310 e. The van der Waals surface area contributed by atoms with Crippen LogP contribution in [-0.2, 0) is 6.42 Å². The molecule has 110 valence electrons. The molecule has 3 saturated heterocycles. The Labute approximate surface area is 123 Å². The van der Waals surface area contributed by atoms with Crippen molar-refractivity contribution in [3.8, 4) is 0 Å². The fraction of sp³-hybridized carbons (Fsp3) is 0.667. The van der Waals surface area contributed by atoms with E-state index in [1.54, 1.807) is 0 Å². The molecular weight excluding hydrogens is 244 g/mol. The number of fused-ring (bicyclic) bond motifs is 3. The van der Waals surface area contributed by atoms with Crippen LogP contribution in [0.1, 0.15) is 37.3 Å². The summed E-state index contributed by atoms with van der Waals surface area (Å²) in [6.45, 7) is 8.48. The molecular formula is C18H28N2. The molecule has 0 radical (unpaired) electrons. The van der Waals surface area contributed by atoms with Crippen molar-refractivity contribution in [3.63, 3.8) is 0 Å². The molecule has 2 bridgehead atoms. The van der Waals surface area contributed by atoms with Crippen molar-refractivity contribution in [1.29, 1.82) is 0 Å². The van der Waals surface area contributed by atoms with Crippen molar-refractivity contribution < 1.29 is 0 Å². The minimum atomic E-state index is 0.626. The Hall–Kier alpha value is -0.860. The SMILES string of the molecule is Cc1cccc(CCC(C)NC2CN3CCC2CC3)c1. The maximum Gasteiger partial charge on any atom is 0.0226 e. The standard InChI is InChI=1S/C18H28N2/c1-14-4-3-5-16(12-14)7-6-15(2)19-18-13-20-10-8-17(18)9-11-20/h3-5,12,15,17-19H,6-11,13H2,1-2H3. The number of nitrogens with zero attached hydrogens (tertiary/aromatic N) is 1. The van der Waals surface area contributed by atoms with E-state index in [0.717, 1.165) is 12.0 Å². The van der Waals surface area contributed by atoms with Crippen molar-refractivity contribution >= 4 is 0 Å². The van der Waals surface area contributed by atoms with Crippen LogP contribution in [0.15, 0.2) is 24.3 Å². The Morgan fingerprint density at radius 3 is 2.75 bits per heavy atom. The zero-order valence-electron chi connectivity index (χ0n) is 12.9. The normalized spacial score (nSPS) is 30.4. The van der Waals surface area contributed by atoms with Crippen LogP contribution >= 0.6 is 0 Å². The molecule has 0 spiro atoms. The van der Waals surface area contributed by atoms with Gasteiger partial charge >= 0.3 is 0 Å². The first kappa shape index (κ1) is 14.1. The van der Waals surface area contributed by atoms with E-state index in [4.69, 9.17) is 0 Å². The first-order valence-corrected chi connectivity index (χ1v) is 8.24. The zero-order chi connectivity index (χ0) is 13.9. The second-order valence-electron chi connectivity index (χ2n) is 6.84.